The molecule has 21 heavy (non-hydrogen) atoms. The fourth-order valence-corrected chi connectivity index (χ4v) is 2.13. The summed E-state index contributed by atoms with van der Waals surface area (Å²) in [4.78, 5) is 15.8. The zero-order valence-corrected chi connectivity index (χ0v) is 14.7. The van der Waals surface area contributed by atoms with Gasteiger partial charge in [-0.25, -0.2) is 4.79 Å². The highest BCUT2D eigenvalue weighted by molar-refractivity contribution is 9.10. The maximum Gasteiger partial charge on any atom is 0.407 e. The van der Waals surface area contributed by atoms with Crippen LogP contribution in [-0.2, 0) is 11.3 Å². The molecule has 0 saturated carbocycles. The van der Waals surface area contributed by atoms with E-state index in [4.69, 9.17) is 4.74 Å². The predicted octanol–water partition coefficient (Wildman–Crippen LogP) is 3.24. The summed E-state index contributed by atoms with van der Waals surface area (Å²) in [6, 6.07) is 2.06. The lowest BCUT2D eigenvalue weighted by molar-refractivity contribution is 0.0502. The van der Waals surface area contributed by atoms with Gasteiger partial charge in [-0.15, -0.1) is 0 Å². The van der Waals surface area contributed by atoms with E-state index in [-0.39, 0.29) is 12.1 Å². The summed E-state index contributed by atoms with van der Waals surface area (Å²) in [5.41, 5.74) is 0.620. The number of aromatic nitrogens is 1. The summed E-state index contributed by atoms with van der Waals surface area (Å²) < 4.78 is 6.22. The first kappa shape index (κ1) is 17.9. The molecule has 5 nitrogen and oxygen atoms in total. The lowest BCUT2D eigenvalue weighted by Crippen LogP contribution is -2.43. The van der Waals surface area contributed by atoms with E-state index in [1.807, 2.05) is 40.0 Å². The quantitative estimate of drug-likeness (QED) is 0.820. The van der Waals surface area contributed by atoms with Crippen LogP contribution in [0.25, 0.3) is 0 Å². The van der Waals surface area contributed by atoms with Crippen LogP contribution in [0.4, 0.5) is 4.79 Å². The number of carbonyl (C=O) groups excluding carboxylic acids is 1. The first-order valence-corrected chi connectivity index (χ1v) is 7.89. The summed E-state index contributed by atoms with van der Waals surface area (Å²) in [5.74, 6) is 0. The van der Waals surface area contributed by atoms with Gasteiger partial charge in [0.25, 0.3) is 0 Å². The van der Waals surface area contributed by atoms with Crippen molar-refractivity contribution in [2.45, 2.75) is 52.3 Å². The Morgan fingerprint density at radius 2 is 2.14 bits per heavy atom. The van der Waals surface area contributed by atoms with Crippen LogP contribution < -0.4 is 10.6 Å². The van der Waals surface area contributed by atoms with Gasteiger partial charge in [-0.1, -0.05) is 6.92 Å². The van der Waals surface area contributed by atoms with E-state index in [1.165, 1.54) is 0 Å². The third-order valence-electron chi connectivity index (χ3n) is 2.70. The van der Waals surface area contributed by atoms with Gasteiger partial charge in [0.05, 0.1) is 0 Å². The second-order valence-corrected chi connectivity index (χ2v) is 6.81. The highest BCUT2D eigenvalue weighted by Crippen LogP contribution is 2.09. The molecule has 0 saturated heterocycles. The Labute approximate surface area is 135 Å². The monoisotopic (exact) mass is 357 g/mol. The summed E-state index contributed by atoms with van der Waals surface area (Å²) in [7, 11) is 0. The van der Waals surface area contributed by atoms with E-state index in [9.17, 15) is 4.79 Å². The normalized spacial score (nSPS) is 12.8. The molecule has 1 unspecified atom stereocenters. The largest absolute Gasteiger partial charge is 0.444 e. The number of hydrogen-bond donors (Lipinski definition) is 2. The molecule has 0 aliphatic heterocycles. The van der Waals surface area contributed by atoms with Crippen LogP contribution in [0.5, 0.6) is 0 Å². The number of alkyl carbamates (subject to hydrolysis) is 1. The molecule has 1 aromatic rings. The maximum absolute atomic E-state index is 11.7. The molecule has 0 aliphatic carbocycles. The first-order chi connectivity index (χ1) is 9.80. The van der Waals surface area contributed by atoms with Gasteiger partial charge in [-0.2, -0.15) is 0 Å². The van der Waals surface area contributed by atoms with Gasteiger partial charge in [0.15, 0.2) is 0 Å². The fourth-order valence-electron chi connectivity index (χ4n) is 1.71. The van der Waals surface area contributed by atoms with Crippen LogP contribution in [-0.4, -0.2) is 29.3 Å². The lowest BCUT2D eigenvalue weighted by atomic mass is 10.2. The van der Waals surface area contributed by atoms with Crippen molar-refractivity contribution in [3.63, 3.8) is 0 Å². The van der Waals surface area contributed by atoms with Crippen LogP contribution in [0.15, 0.2) is 22.9 Å². The Bertz CT molecular complexity index is 460. The van der Waals surface area contributed by atoms with E-state index in [0.717, 1.165) is 16.5 Å². The molecule has 1 amide bonds. The van der Waals surface area contributed by atoms with Crippen molar-refractivity contribution in [1.29, 1.82) is 0 Å². The molecule has 0 spiro atoms. The minimum atomic E-state index is -0.474. The number of halogens is 1. The van der Waals surface area contributed by atoms with Crippen molar-refractivity contribution in [1.82, 2.24) is 15.6 Å². The summed E-state index contributed by atoms with van der Waals surface area (Å²) >= 11 is 3.39. The van der Waals surface area contributed by atoms with Crippen LogP contribution in [0.1, 0.15) is 39.7 Å². The van der Waals surface area contributed by atoms with Crippen molar-refractivity contribution < 1.29 is 9.53 Å². The van der Waals surface area contributed by atoms with Crippen LogP contribution in [0.3, 0.4) is 0 Å². The van der Waals surface area contributed by atoms with Gasteiger partial charge in [0.1, 0.15) is 5.60 Å². The predicted molar refractivity (Wildman–Crippen MR) is 87.1 cm³/mol. The van der Waals surface area contributed by atoms with Gasteiger partial charge in [0.2, 0.25) is 0 Å². The highest BCUT2D eigenvalue weighted by atomic mass is 79.9. The molecule has 0 fully saturated rings. The molecule has 1 aromatic heterocycles. The topological polar surface area (TPSA) is 63.2 Å². The summed E-state index contributed by atoms with van der Waals surface area (Å²) in [6.07, 6.45) is 4.03. The van der Waals surface area contributed by atoms with E-state index in [2.05, 4.69) is 31.5 Å². The second kappa shape index (κ2) is 8.34. The van der Waals surface area contributed by atoms with Gasteiger partial charge >= 0.3 is 6.09 Å². The van der Waals surface area contributed by atoms with Crippen molar-refractivity contribution in [2.75, 3.05) is 6.54 Å². The van der Waals surface area contributed by atoms with Crippen molar-refractivity contribution in [2.24, 2.45) is 0 Å². The molecule has 0 radical (unpaired) electrons. The molecular weight excluding hydrogens is 334 g/mol. The number of hydrogen-bond acceptors (Lipinski definition) is 4. The third-order valence-corrected chi connectivity index (χ3v) is 3.13. The number of rotatable bonds is 6. The minimum absolute atomic E-state index is 0.0416. The molecule has 1 rings (SSSR count). The standard InChI is InChI=1S/C15H24BrN3O2/c1-5-13(19-14(20)21-15(2,3)4)10-18-8-11-6-12(16)9-17-7-11/h6-7,9,13,18H,5,8,10H2,1-4H3,(H,19,20). The number of pyridine rings is 1. The zero-order valence-electron chi connectivity index (χ0n) is 13.1. The maximum atomic E-state index is 11.7. The van der Waals surface area contributed by atoms with Crippen molar-refractivity contribution in [3.05, 3.63) is 28.5 Å². The molecule has 118 valence electrons. The molecular formula is C15H24BrN3O2. The first-order valence-electron chi connectivity index (χ1n) is 7.10. The Morgan fingerprint density at radius 3 is 2.71 bits per heavy atom. The molecule has 1 atom stereocenters. The van der Waals surface area contributed by atoms with Crippen LogP contribution in [0.2, 0.25) is 0 Å². The average Bonchev–Trinajstić information content (AvgIpc) is 2.35. The van der Waals surface area contributed by atoms with Crippen LogP contribution in [0, 0.1) is 0 Å². The zero-order chi connectivity index (χ0) is 15.9. The summed E-state index contributed by atoms with van der Waals surface area (Å²) in [5, 5.41) is 6.19. The number of carbonyl (C=O) groups is 1. The third kappa shape index (κ3) is 8.02. The molecule has 2 N–H and O–H groups in total. The number of nitrogens with one attached hydrogen (secondary N) is 2. The van der Waals surface area contributed by atoms with E-state index < -0.39 is 5.60 Å². The average molecular weight is 358 g/mol. The van der Waals surface area contributed by atoms with E-state index >= 15 is 0 Å². The molecule has 6 heteroatoms. The molecule has 0 aliphatic rings. The van der Waals surface area contributed by atoms with E-state index in [1.54, 1.807) is 6.20 Å². The fraction of sp³-hybridized carbons (Fsp3) is 0.600. The summed E-state index contributed by atoms with van der Waals surface area (Å²) in [6.45, 7) is 8.98. The Balaban J connectivity index is 2.36. The minimum Gasteiger partial charge on any atom is -0.444 e. The molecule has 0 aromatic carbocycles. The van der Waals surface area contributed by atoms with Gasteiger partial charge in [-0.05, 0) is 54.8 Å². The van der Waals surface area contributed by atoms with E-state index in [0.29, 0.717) is 13.1 Å². The number of amides is 1. The lowest BCUT2D eigenvalue weighted by Gasteiger charge is -2.23. The smallest absolute Gasteiger partial charge is 0.407 e. The number of nitrogens with zero attached hydrogens (tertiary/aromatic N) is 1. The Kier molecular flexibility index (Phi) is 7.11. The van der Waals surface area contributed by atoms with Crippen molar-refractivity contribution in [3.8, 4) is 0 Å². The van der Waals surface area contributed by atoms with Gasteiger partial charge in [0, 0.05) is 36.0 Å². The SMILES string of the molecule is CCC(CNCc1cncc(Br)c1)NC(=O)OC(C)(C)C. The highest BCUT2D eigenvalue weighted by Gasteiger charge is 2.18. The Morgan fingerprint density at radius 1 is 1.43 bits per heavy atom. The van der Waals surface area contributed by atoms with Gasteiger partial charge < -0.3 is 15.4 Å². The second-order valence-electron chi connectivity index (χ2n) is 5.89. The van der Waals surface area contributed by atoms with Gasteiger partial charge in [-0.3, -0.25) is 4.98 Å². The van der Waals surface area contributed by atoms with Crippen molar-refractivity contribution >= 4 is 22.0 Å². The molecule has 1 heterocycles. The van der Waals surface area contributed by atoms with Crippen LogP contribution >= 0.6 is 15.9 Å². The number of ether oxygens (including phenoxy) is 1. The Hall–Kier alpha value is -1.14. The molecule has 0 bridgehead atoms.